The minimum Gasteiger partial charge on any atom is -0.324 e. The van der Waals surface area contributed by atoms with Crippen molar-refractivity contribution in [3.63, 3.8) is 0 Å². The molecule has 3 nitrogen and oxygen atoms in total. The molecule has 0 radical (unpaired) electrons. The van der Waals surface area contributed by atoms with Gasteiger partial charge < -0.3 is 5.73 Å². The van der Waals surface area contributed by atoms with E-state index in [9.17, 15) is 8.78 Å². The molecule has 0 saturated heterocycles. The van der Waals surface area contributed by atoms with Gasteiger partial charge in [0.2, 0.25) is 0 Å². The lowest BCUT2D eigenvalue weighted by Crippen LogP contribution is -2.21. The van der Waals surface area contributed by atoms with Gasteiger partial charge in [-0.15, -0.1) is 0 Å². The van der Waals surface area contributed by atoms with E-state index in [2.05, 4.69) is 5.10 Å². The maximum Gasteiger partial charge on any atom is 0.292 e. The predicted molar refractivity (Wildman–Crippen MR) is 65.2 cm³/mol. The van der Waals surface area contributed by atoms with Crippen molar-refractivity contribution in [2.75, 3.05) is 0 Å². The van der Waals surface area contributed by atoms with Gasteiger partial charge in [-0.05, 0) is 6.92 Å². The number of benzene rings is 1. The Bertz CT molecular complexity index is 506. The number of hydrogen-bond donors (Lipinski definition) is 1. The van der Waals surface area contributed by atoms with Gasteiger partial charge in [0.1, 0.15) is 6.54 Å². The normalized spacial score (nSPS) is 13.6. The Balaban J connectivity index is 2.17. The lowest BCUT2D eigenvalue weighted by Gasteiger charge is -2.16. The zero-order valence-corrected chi connectivity index (χ0v) is 10.1. The van der Waals surface area contributed by atoms with E-state index in [1.807, 2.05) is 0 Å². The average Bonchev–Trinajstić information content (AvgIpc) is 2.78. The third-order valence-corrected chi connectivity index (χ3v) is 2.74. The number of alkyl halides is 2. The molecule has 0 bridgehead atoms. The second-order valence-electron chi connectivity index (χ2n) is 4.33. The van der Waals surface area contributed by atoms with E-state index >= 15 is 0 Å². The Morgan fingerprint density at radius 2 is 2.00 bits per heavy atom. The molecule has 1 aromatic carbocycles. The Labute approximate surface area is 104 Å². The third kappa shape index (κ3) is 2.73. The first-order valence-corrected chi connectivity index (χ1v) is 5.70. The summed E-state index contributed by atoms with van der Waals surface area (Å²) in [6.45, 7) is 1.31. The first-order chi connectivity index (χ1) is 8.49. The summed E-state index contributed by atoms with van der Waals surface area (Å²) < 4.78 is 29.1. The lowest BCUT2D eigenvalue weighted by atomic mass is 10.1. The molecule has 1 aromatic heterocycles. The van der Waals surface area contributed by atoms with Crippen LogP contribution in [0.15, 0.2) is 42.7 Å². The van der Waals surface area contributed by atoms with Crippen LogP contribution in [0.4, 0.5) is 8.78 Å². The highest BCUT2D eigenvalue weighted by atomic mass is 19.3. The molecule has 2 rings (SSSR count). The van der Waals surface area contributed by atoms with Crippen molar-refractivity contribution in [2.24, 2.45) is 5.73 Å². The highest BCUT2D eigenvalue weighted by Crippen LogP contribution is 2.29. The van der Waals surface area contributed by atoms with E-state index < -0.39 is 12.5 Å². The van der Waals surface area contributed by atoms with Crippen LogP contribution in [-0.2, 0) is 12.5 Å². The van der Waals surface area contributed by atoms with E-state index in [0.717, 1.165) is 5.56 Å². The fraction of sp³-hybridized carbons (Fsp3) is 0.308. The molecule has 0 aliphatic heterocycles. The Kier molecular flexibility index (Phi) is 3.43. The molecule has 2 N–H and O–H groups in total. The molecule has 0 aliphatic carbocycles. The van der Waals surface area contributed by atoms with Crippen molar-refractivity contribution < 1.29 is 8.78 Å². The molecule has 1 atom stereocenters. The number of nitrogens with two attached hydrogens (primary N) is 1. The molecule has 96 valence electrons. The van der Waals surface area contributed by atoms with Crippen LogP contribution >= 0.6 is 0 Å². The Morgan fingerprint density at radius 3 is 2.56 bits per heavy atom. The van der Waals surface area contributed by atoms with E-state index in [-0.39, 0.29) is 11.6 Å². The number of rotatable bonds is 4. The van der Waals surface area contributed by atoms with Crippen LogP contribution in [0, 0.1) is 0 Å². The van der Waals surface area contributed by atoms with Crippen molar-refractivity contribution in [3.8, 4) is 0 Å². The number of nitrogens with zero attached hydrogens (tertiary/aromatic N) is 2. The molecule has 0 saturated carbocycles. The molecule has 5 heteroatoms. The highest BCUT2D eigenvalue weighted by molar-refractivity contribution is 5.20. The summed E-state index contributed by atoms with van der Waals surface area (Å²) >= 11 is 0. The van der Waals surface area contributed by atoms with Gasteiger partial charge in [0, 0.05) is 23.4 Å². The standard InChI is InChI=1S/C13H15F2N3/c1-10(16)11-7-17-18(8-11)9-13(14,15)12-5-3-2-4-6-12/h2-8,10H,9,16H2,1H3. The Hall–Kier alpha value is -1.75. The van der Waals surface area contributed by atoms with Crippen molar-refractivity contribution in [3.05, 3.63) is 53.9 Å². The maximum atomic E-state index is 14.0. The molecule has 0 aliphatic rings. The average molecular weight is 251 g/mol. The van der Waals surface area contributed by atoms with Gasteiger partial charge in [0.15, 0.2) is 0 Å². The quantitative estimate of drug-likeness (QED) is 0.908. The monoisotopic (exact) mass is 251 g/mol. The molecule has 18 heavy (non-hydrogen) atoms. The summed E-state index contributed by atoms with van der Waals surface area (Å²) in [7, 11) is 0. The topological polar surface area (TPSA) is 43.8 Å². The summed E-state index contributed by atoms with van der Waals surface area (Å²) in [6, 6.07) is 7.52. The van der Waals surface area contributed by atoms with Crippen molar-refractivity contribution >= 4 is 0 Å². The number of aromatic nitrogens is 2. The minimum atomic E-state index is -2.94. The lowest BCUT2D eigenvalue weighted by molar-refractivity contribution is -0.0254. The molecule has 0 fully saturated rings. The SMILES string of the molecule is CC(N)c1cnn(CC(F)(F)c2ccccc2)c1. The fourth-order valence-corrected chi connectivity index (χ4v) is 1.68. The molecule has 0 amide bonds. The zero-order valence-electron chi connectivity index (χ0n) is 10.1. The summed E-state index contributed by atoms with van der Waals surface area (Å²) in [5.41, 5.74) is 6.40. The summed E-state index contributed by atoms with van der Waals surface area (Å²) in [6.07, 6.45) is 3.08. The first-order valence-electron chi connectivity index (χ1n) is 5.70. The molecule has 1 unspecified atom stereocenters. The van der Waals surface area contributed by atoms with Crippen LogP contribution in [0.25, 0.3) is 0 Å². The van der Waals surface area contributed by atoms with Gasteiger partial charge in [0.25, 0.3) is 5.92 Å². The second-order valence-corrected chi connectivity index (χ2v) is 4.33. The number of hydrogen-bond acceptors (Lipinski definition) is 2. The van der Waals surface area contributed by atoms with Crippen LogP contribution in [0.1, 0.15) is 24.1 Å². The van der Waals surface area contributed by atoms with Gasteiger partial charge >= 0.3 is 0 Å². The van der Waals surface area contributed by atoms with Crippen molar-refractivity contribution in [2.45, 2.75) is 25.4 Å². The molecule has 0 spiro atoms. The van der Waals surface area contributed by atoms with E-state index in [4.69, 9.17) is 5.73 Å². The van der Waals surface area contributed by atoms with Gasteiger partial charge in [-0.2, -0.15) is 13.9 Å². The van der Waals surface area contributed by atoms with E-state index in [1.165, 1.54) is 23.0 Å². The van der Waals surface area contributed by atoms with Crippen molar-refractivity contribution in [1.29, 1.82) is 0 Å². The largest absolute Gasteiger partial charge is 0.324 e. The molecular weight excluding hydrogens is 236 g/mol. The van der Waals surface area contributed by atoms with Gasteiger partial charge in [-0.3, -0.25) is 4.68 Å². The maximum absolute atomic E-state index is 14.0. The van der Waals surface area contributed by atoms with E-state index in [0.29, 0.717) is 0 Å². The zero-order chi connectivity index (χ0) is 13.2. The van der Waals surface area contributed by atoms with Crippen LogP contribution in [0.5, 0.6) is 0 Å². The number of halogens is 2. The smallest absolute Gasteiger partial charge is 0.292 e. The third-order valence-electron chi connectivity index (χ3n) is 2.74. The summed E-state index contributed by atoms with van der Waals surface area (Å²) in [4.78, 5) is 0. The Morgan fingerprint density at radius 1 is 1.33 bits per heavy atom. The van der Waals surface area contributed by atoms with Gasteiger partial charge in [-0.25, -0.2) is 0 Å². The first kappa shape index (κ1) is 12.7. The van der Waals surface area contributed by atoms with Crippen LogP contribution < -0.4 is 5.73 Å². The van der Waals surface area contributed by atoms with E-state index in [1.54, 1.807) is 31.3 Å². The van der Waals surface area contributed by atoms with Crippen LogP contribution in [0.3, 0.4) is 0 Å². The predicted octanol–water partition coefficient (Wildman–Crippen LogP) is 2.69. The minimum absolute atomic E-state index is 0.0113. The second kappa shape index (κ2) is 4.86. The van der Waals surface area contributed by atoms with Gasteiger partial charge in [-0.1, -0.05) is 30.3 Å². The van der Waals surface area contributed by atoms with Crippen LogP contribution in [0.2, 0.25) is 0 Å². The van der Waals surface area contributed by atoms with Gasteiger partial charge in [0.05, 0.1) is 6.20 Å². The highest BCUT2D eigenvalue weighted by Gasteiger charge is 2.32. The fourth-order valence-electron chi connectivity index (χ4n) is 1.68. The molecule has 2 aromatic rings. The van der Waals surface area contributed by atoms with Crippen LogP contribution in [-0.4, -0.2) is 9.78 Å². The van der Waals surface area contributed by atoms with Crippen molar-refractivity contribution in [1.82, 2.24) is 9.78 Å². The molecule has 1 heterocycles. The summed E-state index contributed by atoms with van der Waals surface area (Å²) in [5.74, 6) is -2.94. The summed E-state index contributed by atoms with van der Waals surface area (Å²) in [5, 5.41) is 3.90. The molecular formula is C13H15F2N3.